The van der Waals surface area contributed by atoms with E-state index in [0.29, 0.717) is 37.4 Å². The highest BCUT2D eigenvalue weighted by Crippen LogP contribution is 2.21. The number of benzene rings is 3. The van der Waals surface area contributed by atoms with Gasteiger partial charge in [0.1, 0.15) is 6.04 Å². The van der Waals surface area contributed by atoms with Crippen LogP contribution in [0.25, 0.3) is 0 Å². The van der Waals surface area contributed by atoms with Crippen LogP contribution in [0.2, 0.25) is 5.02 Å². The minimum Gasteiger partial charge on any atom is -0.354 e. The molecular formula is C33H37ClN2O2. The molecule has 4 nitrogen and oxygen atoms in total. The maximum absolute atomic E-state index is 13.8. The molecule has 4 rings (SSSR count). The van der Waals surface area contributed by atoms with Crippen LogP contribution in [0.4, 0.5) is 0 Å². The van der Waals surface area contributed by atoms with Gasteiger partial charge >= 0.3 is 0 Å². The summed E-state index contributed by atoms with van der Waals surface area (Å²) in [4.78, 5) is 29.2. The molecule has 0 saturated carbocycles. The van der Waals surface area contributed by atoms with Crippen molar-refractivity contribution in [3.05, 3.63) is 118 Å². The fraction of sp³-hybridized carbons (Fsp3) is 0.333. The first-order chi connectivity index (χ1) is 18.6. The fourth-order valence-corrected chi connectivity index (χ4v) is 5.10. The molecule has 0 aromatic heterocycles. The number of rotatable bonds is 12. The van der Waals surface area contributed by atoms with Gasteiger partial charge in [-0.2, -0.15) is 0 Å². The number of carbonyl (C=O) groups excluding carboxylic acids is 2. The van der Waals surface area contributed by atoms with Crippen molar-refractivity contribution in [1.29, 1.82) is 0 Å². The fourth-order valence-electron chi connectivity index (χ4n) is 4.98. The Hall–Kier alpha value is -3.37. The van der Waals surface area contributed by atoms with E-state index in [1.54, 1.807) is 4.90 Å². The Kier molecular flexibility index (Phi) is 10.6. The summed E-state index contributed by atoms with van der Waals surface area (Å²) in [7, 11) is 0. The molecule has 0 fully saturated rings. The third-order valence-electron chi connectivity index (χ3n) is 7.14. The molecule has 3 aromatic rings. The largest absolute Gasteiger partial charge is 0.354 e. The van der Waals surface area contributed by atoms with E-state index in [2.05, 4.69) is 11.4 Å². The molecule has 1 atom stereocenters. The minimum absolute atomic E-state index is 0.0325. The van der Waals surface area contributed by atoms with Crippen molar-refractivity contribution in [2.24, 2.45) is 0 Å². The highest BCUT2D eigenvalue weighted by atomic mass is 35.5. The molecule has 0 saturated heterocycles. The number of carbonyl (C=O) groups is 2. The Morgan fingerprint density at radius 2 is 1.50 bits per heavy atom. The standard InChI is InChI=1S/C33H37ClN2O2/c34-30-19-16-29(17-20-30)25-36(32(37)21-18-26-10-4-1-5-11-26)31(24-28-14-8-3-9-15-28)33(38)35-23-22-27-12-6-2-7-13-27/h1,3-5,8-12,14-17,19-20,31H,2,6-7,13,18,21-25H2,(H,35,38)/t31-/m0/s1. The van der Waals surface area contributed by atoms with Crippen LogP contribution >= 0.6 is 11.6 Å². The van der Waals surface area contributed by atoms with E-state index >= 15 is 0 Å². The molecule has 0 heterocycles. The van der Waals surface area contributed by atoms with Crippen LogP contribution in [0.5, 0.6) is 0 Å². The Labute approximate surface area is 231 Å². The molecule has 1 aliphatic carbocycles. The maximum Gasteiger partial charge on any atom is 0.243 e. The van der Waals surface area contributed by atoms with Gasteiger partial charge in [-0.3, -0.25) is 9.59 Å². The lowest BCUT2D eigenvalue weighted by atomic mass is 9.97. The molecule has 0 radical (unpaired) electrons. The molecule has 3 aromatic carbocycles. The SMILES string of the molecule is O=C(NCCC1=CCCCC1)[C@H](Cc1ccccc1)N(Cc1ccc(Cl)cc1)C(=O)CCc1ccccc1. The summed E-state index contributed by atoms with van der Waals surface area (Å²) in [6.07, 6.45) is 9.32. The zero-order chi connectivity index (χ0) is 26.6. The molecule has 1 N–H and O–H groups in total. The Balaban J connectivity index is 1.55. The first-order valence-electron chi connectivity index (χ1n) is 13.7. The summed E-state index contributed by atoms with van der Waals surface area (Å²) >= 11 is 6.12. The first kappa shape index (κ1) is 27.7. The smallest absolute Gasteiger partial charge is 0.243 e. The predicted octanol–water partition coefficient (Wildman–Crippen LogP) is 6.92. The van der Waals surface area contributed by atoms with Gasteiger partial charge in [0, 0.05) is 31.0 Å². The van der Waals surface area contributed by atoms with Gasteiger partial charge in [0.2, 0.25) is 11.8 Å². The third kappa shape index (κ3) is 8.59. The van der Waals surface area contributed by atoms with Crippen LogP contribution in [0.1, 0.15) is 55.2 Å². The van der Waals surface area contributed by atoms with E-state index in [0.717, 1.165) is 36.0 Å². The van der Waals surface area contributed by atoms with Gasteiger partial charge in [-0.25, -0.2) is 0 Å². The third-order valence-corrected chi connectivity index (χ3v) is 7.39. The van der Waals surface area contributed by atoms with Crippen LogP contribution in [-0.4, -0.2) is 29.3 Å². The van der Waals surface area contributed by atoms with Crippen molar-refractivity contribution in [3.63, 3.8) is 0 Å². The van der Waals surface area contributed by atoms with Gasteiger partial charge < -0.3 is 10.2 Å². The van der Waals surface area contributed by atoms with Gasteiger partial charge in [0.15, 0.2) is 0 Å². The summed E-state index contributed by atoms with van der Waals surface area (Å²) in [6.45, 7) is 0.934. The van der Waals surface area contributed by atoms with Gasteiger partial charge in [0.05, 0.1) is 0 Å². The van der Waals surface area contributed by atoms with Crippen molar-refractivity contribution in [2.45, 2.75) is 64.0 Å². The van der Waals surface area contributed by atoms with Gasteiger partial charge in [-0.05, 0) is 67.3 Å². The van der Waals surface area contributed by atoms with Crippen LogP contribution in [0, 0.1) is 0 Å². The lowest BCUT2D eigenvalue weighted by Crippen LogP contribution is -2.50. The van der Waals surface area contributed by atoms with Gasteiger partial charge in [-0.15, -0.1) is 0 Å². The van der Waals surface area contributed by atoms with E-state index in [4.69, 9.17) is 11.6 Å². The summed E-state index contributed by atoms with van der Waals surface area (Å²) in [5, 5.41) is 3.80. The van der Waals surface area contributed by atoms with E-state index in [-0.39, 0.29) is 11.8 Å². The van der Waals surface area contributed by atoms with Crippen LogP contribution in [0.15, 0.2) is 96.6 Å². The lowest BCUT2D eigenvalue weighted by Gasteiger charge is -2.32. The van der Waals surface area contributed by atoms with Crippen LogP contribution in [-0.2, 0) is 29.0 Å². The van der Waals surface area contributed by atoms with E-state index < -0.39 is 6.04 Å². The quantitative estimate of drug-likeness (QED) is 0.259. The number of hydrogen-bond acceptors (Lipinski definition) is 2. The lowest BCUT2D eigenvalue weighted by molar-refractivity contribution is -0.141. The van der Waals surface area contributed by atoms with Gasteiger partial charge in [0.25, 0.3) is 0 Å². The summed E-state index contributed by atoms with van der Waals surface area (Å²) < 4.78 is 0. The van der Waals surface area contributed by atoms with Crippen molar-refractivity contribution in [3.8, 4) is 0 Å². The molecule has 38 heavy (non-hydrogen) atoms. The van der Waals surface area contributed by atoms with Crippen LogP contribution in [0.3, 0.4) is 0 Å². The molecule has 1 aliphatic rings. The Morgan fingerprint density at radius 3 is 2.16 bits per heavy atom. The van der Waals surface area contributed by atoms with E-state index in [1.165, 1.54) is 18.4 Å². The second-order valence-electron chi connectivity index (χ2n) is 9.99. The molecule has 198 valence electrons. The number of amides is 2. The average Bonchev–Trinajstić information content (AvgIpc) is 2.96. The number of allylic oxidation sites excluding steroid dienone is 1. The summed E-state index contributed by atoms with van der Waals surface area (Å²) in [5.74, 6) is -0.137. The molecule has 2 amide bonds. The number of nitrogens with zero attached hydrogens (tertiary/aromatic N) is 1. The molecule has 0 bridgehead atoms. The zero-order valence-electron chi connectivity index (χ0n) is 22.0. The molecule has 5 heteroatoms. The second-order valence-corrected chi connectivity index (χ2v) is 10.4. The van der Waals surface area contributed by atoms with E-state index in [9.17, 15) is 9.59 Å². The number of nitrogens with one attached hydrogen (secondary N) is 1. The number of hydrogen-bond donors (Lipinski definition) is 1. The Morgan fingerprint density at radius 1 is 0.816 bits per heavy atom. The predicted molar refractivity (Wildman–Crippen MR) is 155 cm³/mol. The topological polar surface area (TPSA) is 49.4 Å². The molecule has 0 spiro atoms. The zero-order valence-corrected chi connectivity index (χ0v) is 22.7. The first-order valence-corrected chi connectivity index (χ1v) is 14.0. The van der Waals surface area contributed by atoms with Crippen LogP contribution < -0.4 is 5.32 Å². The Bertz CT molecular complexity index is 1190. The normalized spacial score (nSPS) is 13.9. The monoisotopic (exact) mass is 528 g/mol. The van der Waals surface area contributed by atoms with E-state index in [1.807, 2.05) is 84.9 Å². The highest BCUT2D eigenvalue weighted by molar-refractivity contribution is 6.30. The molecular weight excluding hydrogens is 492 g/mol. The maximum atomic E-state index is 13.8. The van der Waals surface area contributed by atoms with Crippen molar-refractivity contribution in [1.82, 2.24) is 10.2 Å². The average molecular weight is 529 g/mol. The summed E-state index contributed by atoms with van der Waals surface area (Å²) in [6, 6.07) is 26.8. The second kappa shape index (κ2) is 14.5. The van der Waals surface area contributed by atoms with Gasteiger partial charge in [-0.1, -0.05) is 96.0 Å². The van der Waals surface area contributed by atoms with Crippen molar-refractivity contribution >= 4 is 23.4 Å². The number of aryl methyl sites for hydroxylation is 1. The van der Waals surface area contributed by atoms with Crippen molar-refractivity contribution < 1.29 is 9.59 Å². The number of halogens is 1. The molecule has 0 aliphatic heterocycles. The minimum atomic E-state index is -0.614. The highest BCUT2D eigenvalue weighted by Gasteiger charge is 2.30. The molecule has 0 unspecified atom stereocenters. The summed E-state index contributed by atoms with van der Waals surface area (Å²) in [5.41, 5.74) is 4.51. The van der Waals surface area contributed by atoms with Crippen molar-refractivity contribution in [2.75, 3.05) is 6.54 Å².